The number of anilines is 2. The number of carbonyl (C=O) groups excluding carboxylic acids is 1. The molecule has 1 fully saturated rings. The molecular weight excluding hydrogens is 330 g/mol. The molecule has 7 heteroatoms. The summed E-state index contributed by atoms with van der Waals surface area (Å²) in [7, 11) is 0. The normalized spacial score (nSPS) is 14.5. The molecule has 1 saturated heterocycles. The Morgan fingerprint density at radius 1 is 1.12 bits per heavy atom. The van der Waals surface area contributed by atoms with E-state index in [0.29, 0.717) is 18.8 Å². The molecule has 3 heterocycles. The molecule has 4 rings (SSSR count). The summed E-state index contributed by atoms with van der Waals surface area (Å²) in [5.41, 5.74) is 3.03. The molecule has 0 spiro atoms. The Hall–Kier alpha value is -2.93. The maximum absolute atomic E-state index is 12.2. The fourth-order valence-electron chi connectivity index (χ4n) is 3.08. The molecule has 1 aliphatic heterocycles. The Morgan fingerprint density at radius 3 is 2.77 bits per heavy atom. The molecule has 1 aliphatic rings. The van der Waals surface area contributed by atoms with Gasteiger partial charge in [-0.25, -0.2) is 9.97 Å². The van der Waals surface area contributed by atoms with Crippen molar-refractivity contribution in [1.29, 1.82) is 0 Å². The third-order valence-electron chi connectivity index (χ3n) is 4.50. The summed E-state index contributed by atoms with van der Waals surface area (Å²) in [6, 6.07) is 11.7. The number of fused-ring (bicyclic) bond motifs is 1. The van der Waals surface area contributed by atoms with Crippen molar-refractivity contribution in [2.75, 3.05) is 36.5 Å². The molecule has 1 amide bonds. The number of aryl methyl sites for hydroxylation is 1. The van der Waals surface area contributed by atoms with Crippen LogP contribution >= 0.6 is 0 Å². The lowest BCUT2D eigenvalue weighted by atomic mass is 10.3. The fourth-order valence-corrected chi connectivity index (χ4v) is 3.08. The van der Waals surface area contributed by atoms with Gasteiger partial charge in [0.05, 0.1) is 42.5 Å². The van der Waals surface area contributed by atoms with Gasteiger partial charge in [0.1, 0.15) is 5.82 Å². The lowest BCUT2D eigenvalue weighted by Crippen LogP contribution is -2.36. The Balaban J connectivity index is 1.33. The molecule has 1 N–H and O–H groups in total. The number of aromatic nitrogens is 3. The predicted molar refractivity (Wildman–Crippen MR) is 100 cm³/mol. The maximum Gasteiger partial charge on any atom is 0.227 e. The van der Waals surface area contributed by atoms with Crippen molar-refractivity contribution in [3.05, 3.63) is 48.9 Å². The highest BCUT2D eigenvalue weighted by molar-refractivity contribution is 5.89. The van der Waals surface area contributed by atoms with Gasteiger partial charge in [-0.15, -0.1) is 0 Å². The van der Waals surface area contributed by atoms with Gasteiger partial charge in [-0.1, -0.05) is 12.1 Å². The summed E-state index contributed by atoms with van der Waals surface area (Å²) in [4.78, 5) is 23.1. The Bertz CT molecular complexity index is 884. The minimum Gasteiger partial charge on any atom is -0.378 e. The Kier molecular flexibility index (Phi) is 4.79. The quantitative estimate of drug-likeness (QED) is 0.764. The third-order valence-corrected chi connectivity index (χ3v) is 4.50. The van der Waals surface area contributed by atoms with Crippen LogP contribution in [-0.2, 0) is 16.1 Å². The van der Waals surface area contributed by atoms with Crippen LogP contribution in [0.1, 0.15) is 6.42 Å². The number of pyridine rings is 1. The number of rotatable bonds is 5. The number of hydrogen-bond acceptors (Lipinski definition) is 5. The second kappa shape index (κ2) is 7.53. The molecule has 0 bridgehead atoms. The number of nitrogens with zero attached hydrogens (tertiary/aromatic N) is 4. The van der Waals surface area contributed by atoms with Crippen LogP contribution in [0.25, 0.3) is 11.0 Å². The lowest BCUT2D eigenvalue weighted by molar-refractivity contribution is -0.116. The van der Waals surface area contributed by atoms with Crippen molar-refractivity contribution >= 4 is 28.4 Å². The molecule has 26 heavy (non-hydrogen) atoms. The monoisotopic (exact) mass is 351 g/mol. The van der Waals surface area contributed by atoms with Crippen molar-refractivity contribution < 1.29 is 9.53 Å². The van der Waals surface area contributed by atoms with E-state index in [1.807, 2.05) is 41.0 Å². The van der Waals surface area contributed by atoms with Gasteiger partial charge < -0.3 is 19.5 Å². The zero-order valence-corrected chi connectivity index (χ0v) is 14.5. The highest BCUT2D eigenvalue weighted by atomic mass is 16.5. The number of hydrogen-bond donors (Lipinski definition) is 1. The van der Waals surface area contributed by atoms with E-state index in [1.54, 1.807) is 12.5 Å². The second-order valence-corrected chi connectivity index (χ2v) is 6.23. The lowest BCUT2D eigenvalue weighted by Gasteiger charge is -2.28. The van der Waals surface area contributed by atoms with E-state index in [9.17, 15) is 4.79 Å². The number of amides is 1. The minimum atomic E-state index is -0.0607. The molecule has 0 atom stereocenters. The summed E-state index contributed by atoms with van der Waals surface area (Å²) in [6.07, 6.45) is 3.94. The van der Waals surface area contributed by atoms with E-state index in [0.717, 1.165) is 43.0 Å². The molecule has 0 saturated carbocycles. The van der Waals surface area contributed by atoms with E-state index in [4.69, 9.17) is 4.74 Å². The van der Waals surface area contributed by atoms with Gasteiger partial charge in [-0.05, 0) is 24.3 Å². The zero-order valence-electron chi connectivity index (χ0n) is 14.5. The number of nitrogens with one attached hydrogen (secondary N) is 1. The third kappa shape index (κ3) is 3.67. The van der Waals surface area contributed by atoms with Crippen LogP contribution in [0.15, 0.2) is 48.9 Å². The van der Waals surface area contributed by atoms with Gasteiger partial charge in [0, 0.05) is 26.1 Å². The van der Waals surface area contributed by atoms with Crippen molar-refractivity contribution in [2.45, 2.75) is 13.0 Å². The van der Waals surface area contributed by atoms with Crippen molar-refractivity contribution in [3.63, 3.8) is 0 Å². The van der Waals surface area contributed by atoms with Crippen LogP contribution in [0.4, 0.5) is 11.5 Å². The number of ether oxygens (including phenoxy) is 1. The van der Waals surface area contributed by atoms with Crippen LogP contribution in [0.3, 0.4) is 0 Å². The summed E-state index contributed by atoms with van der Waals surface area (Å²) in [6.45, 7) is 3.79. The van der Waals surface area contributed by atoms with Gasteiger partial charge in [0.15, 0.2) is 0 Å². The zero-order chi connectivity index (χ0) is 17.8. The molecule has 7 nitrogen and oxygen atoms in total. The van der Waals surface area contributed by atoms with Crippen LogP contribution < -0.4 is 10.2 Å². The van der Waals surface area contributed by atoms with Crippen LogP contribution in [0, 0.1) is 0 Å². The largest absolute Gasteiger partial charge is 0.378 e. The van der Waals surface area contributed by atoms with Crippen molar-refractivity contribution in [3.8, 4) is 0 Å². The first-order chi connectivity index (χ1) is 12.8. The van der Waals surface area contributed by atoms with Gasteiger partial charge >= 0.3 is 0 Å². The van der Waals surface area contributed by atoms with Gasteiger partial charge in [0.2, 0.25) is 5.91 Å². The molecular formula is C19H21N5O2. The molecule has 1 aromatic carbocycles. The Labute approximate surface area is 151 Å². The Morgan fingerprint density at radius 2 is 1.96 bits per heavy atom. The van der Waals surface area contributed by atoms with Crippen LogP contribution in [-0.4, -0.2) is 46.7 Å². The van der Waals surface area contributed by atoms with Gasteiger partial charge in [-0.3, -0.25) is 4.79 Å². The van der Waals surface area contributed by atoms with E-state index in [1.165, 1.54) is 0 Å². The standard InChI is InChI=1S/C19H21N5O2/c25-19(7-8-24-14-21-16-3-1-2-4-17(16)24)22-18-6-5-15(13-20-18)23-9-11-26-12-10-23/h1-6,13-14H,7-12H2,(H,20,22,25). The SMILES string of the molecule is O=C(CCn1cnc2ccccc21)Nc1ccc(N2CCOCC2)cn1. The molecule has 0 aliphatic carbocycles. The van der Waals surface area contributed by atoms with E-state index in [-0.39, 0.29) is 5.91 Å². The topological polar surface area (TPSA) is 72.3 Å². The second-order valence-electron chi connectivity index (χ2n) is 6.23. The number of para-hydroxylation sites is 2. The highest BCUT2D eigenvalue weighted by Crippen LogP contribution is 2.17. The number of morpholine rings is 1. The van der Waals surface area contributed by atoms with Crippen molar-refractivity contribution in [2.24, 2.45) is 0 Å². The minimum absolute atomic E-state index is 0.0607. The van der Waals surface area contributed by atoms with Gasteiger partial charge in [0.25, 0.3) is 0 Å². The molecule has 3 aromatic rings. The summed E-state index contributed by atoms with van der Waals surface area (Å²) in [5.74, 6) is 0.511. The van der Waals surface area contributed by atoms with E-state index in [2.05, 4.69) is 20.2 Å². The maximum atomic E-state index is 12.2. The number of benzene rings is 1. The first kappa shape index (κ1) is 16.5. The highest BCUT2D eigenvalue weighted by Gasteiger charge is 2.12. The summed E-state index contributed by atoms with van der Waals surface area (Å²) in [5, 5.41) is 2.86. The molecule has 2 aromatic heterocycles. The van der Waals surface area contributed by atoms with E-state index < -0.39 is 0 Å². The first-order valence-electron chi connectivity index (χ1n) is 8.78. The molecule has 134 valence electrons. The van der Waals surface area contributed by atoms with E-state index >= 15 is 0 Å². The smallest absolute Gasteiger partial charge is 0.227 e. The predicted octanol–water partition coefficient (Wildman–Crippen LogP) is 2.30. The van der Waals surface area contributed by atoms with Gasteiger partial charge in [-0.2, -0.15) is 0 Å². The average molecular weight is 351 g/mol. The number of carbonyl (C=O) groups is 1. The number of imidazole rings is 1. The molecule has 0 radical (unpaired) electrons. The summed E-state index contributed by atoms with van der Waals surface area (Å²) >= 11 is 0. The van der Waals surface area contributed by atoms with Crippen LogP contribution in [0.5, 0.6) is 0 Å². The van der Waals surface area contributed by atoms with Crippen molar-refractivity contribution in [1.82, 2.24) is 14.5 Å². The fraction of sp³-hybridized carbons (Fsp3) is 0.316. The van der Waals surface area contributed by atoms with Crippen LogP contribution in [0.2, 0.25) is 0 Å². The summed E-state index contributed by atoms with van der Waals surface area (Å²) < 4.78 is 7.35. The molecule has 0 unspecified atom stereocenters. The first-order valence-corrected chi connectivity index (χ1v) is 8.78. The average Bonchev–Trinajstić information content (AvgIpc) is 3.11.